The molecule has 0 saturated carbocycles. The van der Waals surface area contributed by atoms with Crippen molar-refractivity contribution in [2.75, 3.05) is 11.0 Å². The Morgan fingerprint density at radius 1 is 1.04 bits per heavy atom. The van der Waals surface area contributed by atoms with Crippen molar-refractivity contribution in [3.8, 4) is 10.6 Å². The van der Waals surface area contributed by atoms with Crippen molar-refractivity contribution in [2.24, 2.45) is 0 Å². The highest BCUT2D eigenvalue weighted by Gasteiger charge is 2.09. The van der Waals surface area contributed by atoms with E-state index in [1.54, 1.807) is 41.2 Å². The first kappa shape index (κ1) is 17.8. The summed E-state index contributed by atoms with van der Waals surface area (Å²) >= 11 is 8.42. The minimum Gasteiger partial charge on any atom is -0.323 e. The highest BCUT2D eigenvalue weighted by Crippen LogP contribution is 2.36. The predicted octanol–water partition coefficient (Wildman–Crippen LogP) is 6.36. The molecular formula is C18H13BrN4S3. The van der Waals surface area contributed by atoms with Crippen LogP contribution in [0.25, 0.3) is 21.5 Å². The van der Waals surface area contributed by atoms with E-state index in [2.05, 4.69) is 53.8 Å². The van der Waals surface area contributed by atoms with Crippen LogP contribution < -0.4 is 4.72 Å². The van der Waals surface area contributed by atoms with Gasteiger partial charge < -0.3 is 4.72 Å². The van der Waals surface area contributed by atoms with Gasteiger partial charge in [-0.1, -0.05) is 33.8 Å². The van der Waals surface area contributed by atoms with E-state index in [0.717, 1.165) is 41.0 Å². The second kappa shape index (κ2) is 7.96. The van der Waals surface area contributed by atoms with Crippen LogP contribution in [0.15, 0.2) is 68.7 Å². The third kappa shape index (κ3) is 3.73. The van der Waals surface area contributed by atoms with E-state index >= 15 is 0 Å². The maximum Gasteiger partial charge on any atom is 0.187 e. The monoisotopic (exact) mass is 460 g/mol. The van der Waals surface area contributed by atoms with Crippen LogP contribution in [0.2, 0.25) is 0 Å². The molecule has 1 aromatic carbocycles. The first-order chi connectivity index (χ1) is 12.7. The van der Waals surface area contributed by atoms with Crippen molar-refractivity contribution >= 4 is 67.6 Å². The number of hydrogen-bond acceptors (Lipinski definition) is 7. The maximum atomic E-state index is 4.56. The van der Waals surface area contributed by atoms with Gasteiger partial charge in [0.15, 0.2) is 5.16 Å². The third-order valence-electron chi connectivity index (χ3n) is 3.63. The molecule has 4 rings (SSSR count). The van der Waals surface area contributed by atoms with Crippen LogP contribution in [-0.2, 0) is 0 Å². The van der Waals surface area contributed by atoms with Gasteiger partial charge in [-0.2, -0.15) is 0 Å². The van der Waals surface area contributed by atoms with Crippen molar-refractivity contribution in [2.45, 2.75) is 9.37 Å². The van der Waals surface area contributed by atoms with Gasteiger partial charge in [0.1, 0.15) is 0 Å². The number of anilines is 1. The number of rotatable bonds is 5. The van der Waals surface area contributed by atoms with Crippen LogP contribution in [0.4, 0.5) is 5.69 Å². The molecule has 0 unspecified atom stereocenters. The molecule has 3 aromatic heterocycles. The molecule has 1 N–H and O–H groups in total. The van der Waals surface area contributed by atoms with E-state index in [1.807, 2.05) is 36.7 Å². The Morgan fingerprint density at radius 3 is 2.85 bits per heavy atom. The van der Waals surface area contributed by atoms with E-state index in [4.69, 9.17) is 0 Å². The lowest BCUT2D eigenvalue weighted by atomic mass is 10.2. The number of aromatic nitrogens is 3. The Balaban J connectivity index is 1.55. The molecule has 3 heterocycles. The molecule has 0 fully saturated rings. The minimum atomic E-state index is 0.788. The first-order valence-electron chi connectivity index (χ1n) is 7.68. The summed E-state index contributed by atoms with van der Waals surface area (Å²) in [4.78, 5) is 14.4. The molecule has 0 aliphatic rings. The van der Waals surface area contributed by atoms with E-state index in [9.17, 15) is 0 Å². The molecule has 0 bridgehead atoms. The number of halogens is 1. The van der Waals surface area contributed by atoms with Gasteiger partial charge >= 0.3 is 0 Å². The van der Waals surface area contributed by atoms with E-state index < -0.39 is 0 Å². The number of thiophene rings is 1. The van der Waals surface area contributed by atoms with Crippen LogP contribution in [0.3, 0.4) is 0 Å². The number of benzene rings is 1. The summed E-state index contributed by atoms with van der Waals surface area (Å²) in [5.41, 5.74) is 2.90. The molecule has 0 spiro atoms. The van der Waals surface area contributed by atoms with Crippen LogP contribution in [0.5, 0.6) is 0 Å². The summed E-state index contributed by atoms with van der Waals surface area (Å²) in [6.45, 7) is 0. The summed E-state index contributed by atoms with van der Waals surface area (Å²) in [5, 5.41) is 1.88. The van der Waals surface area contributed by atoms with Crippen molar-refractivity contribution in [3.05, 3.63) is 59.3 Å². The van der Waals surface area contributed by atoms with Gasteiger partial charge in [-0.05, 0) is 54.6 Å². The summed E-state index contributed by atoms with van der Waals surface area (Å²) in [5.74, 6) is 0. The zero-order valence-corrected chi connectivity index (χ0v) is 17.7. The molecule has 4 aromatic rings. The molecule has 0 aliphatic heterocycles. The van der Waals surface area contributed by atoms with Crippen LogP contribution in [0.1, 0.15) is 0 Å². The molecule has 0 radical (unpaired) electrons. The maximum absolute atomic E-state index is 4.56. The fourth-order valence-electron chi connectivity index (χ4n) is 2.41. The highest BCUT2D eigenvalue weighted by atomic mass is 79.9. The van der Waals surface area contributed by atoms with E-state index in [0.29, 0.717) is 0 Å². The Bertz CT molecular complexity index is 1070. The van der Waals surface area contributed by atoms with Crippen molar-refractivity contribution in [1.29, 1.82) is 0 Å². The standard InChI is InChI=1S/C18H13BrN4S3/c1-24-18-21-10-8-13(22-18)15-6-7-16(25-15)26-23-14-5-4-12(19)11-3-2-9-20-17(11)14/h2-10,23H,1H3. The lowest BCUT2D eigenvalue weighted by Crippen LogP contribution is -1.89. The van der Waals surface area contributed by atoms with Crippen molar-refractivity contribution < 1.29 is 0 Å². The molecule has 4 nitrogen and oxygen atoms in total. The predicted molar refractivity (Wildman–Crippen MR) is 116 cm³/mol. The second-order valence-corrected chi connectivity index (χ2v) is 9.06. The van der Waals surface area contributed by atoms with E-state index in [1.165, 1.54) is 0 Å². The van der Waals surface area contributed by atoms with Gasteiger partial charge in [0, 0.05) is 22.3 Å². The zero-order valence-electron chi connectivity index (χ0n) is 13.6. The van der Waals surface area contributed by atoms with Crippen LogP contribution in [-0.4, -0.2) is 21.2 Å². The number of nitrogens with one attached hydrogen (secondary N) is 1. The summed E-state index contributed by atoms with van der Waals surface area (Å²) in [6.07, 6.45) is 5.60. The van der Waals surface area contributed by atoms with Gasteiger partial charge in [0.25, 0.3) is 0 Å². The lowest BCUT2D eigenvalue weighted by molar-refractivity contribution is 0.978. The Morgan fingerprint density at radius 2 is 1.96 bits per heavy atom. The average Bonchev–Trinajstić information content (AvgIpc) is 3.17. The molecule has 0 amide bonds. The molecule has 0 atom stereocenters. The normalized spacial score (nSPS) is 11.0. The smallest absolute Gasteiger partial charge is 0.187 e. The molecule has 8 heteroatoms. The van der Waals surface area contributed by atoms with Crippen molar-refractivity contribution in [3.63, 3.8) is 0 Å². The SMILES string of the molecule is CSc1nccc(-c2ccc(SNc3ccc(Br)c4cccnc34)s2)n1. The third-order valence-corrected chi connectivity index (χ3v) is 6.94. The number of nitrogens with zero attached hydrogens (tertiary/aromatic N) is 3. The lowest BCUT2D eigenvalue weighted by Gasteiger charge is -2.08. The topological polar surface area (TPSA) is 50.7 Å². The molecule has 26 heavy (non-hydrogen) atoms. The fraction of sp³-hybridized carbons (Fsp3) is 0.0556. The summed E-state index contributed by atoms with van der Waals surface area (Å²) < 4.78 is 5.63. The Kier molecular flexibility index (Phi) is 5.44. The van der Waals surface area contributed by atoms with Gasteiger partial charge in [0.05, 0.1) is 26.0 Å². The number of thioether (sulfide) groups is 1. The molecule has 0 saturated heterocycles. The summed E-state index contributed by atoms with van der Waals surface area (Å²) in [7, 11) is 0. The molecular weight excluding hydrogens is 448 g/mol. The summed E-state index contributed by atoms with van der Waals surface area (Å²) in [6, 6.07) is 14.2. The van der Waals surface area contributed by atoms with Gasteiger partial charge in [0.2, 0.25) is 0 Å². The quantitative estimate of drug-likeness (QED) is 0.212. The van der Waals surface area contributed by atoms with Gasteiger partial charge in [-0.25, -0.2) is 9.97 Å². The Labute approximate surface area is 172 Å². The molecule has 0 aliphatic carbocycles. The van der Waals surface area contributed by atoms with Gasteiger partial charge in [-0.3, -0.25) is 4.98 Å². The number of fused-ring (bicyclic) bond motifs is 1. The Hall–Kier alpha value is -1.61. The van der Waals surface area contributed by atoms with Gasteiger partial charge in [-0.15, -0.1) is 11.3 Å². The first-order valence-corrected chi connectivity index (χ1v) is 11.3. The van der Waals surface area contributed by atoms with E-state index in [-0.39, 0.29) is 0 Å². The molecule has 130 valence electrons. The fourth-order valence-corrected chi connectivity index (χ4v) is 5.00. The highest BCUT2D eigenvalue weighted by molar-refractivity contribution is 9.10. The number of pyridine rings is 1. The minimum absolute atomic E-state index is 0.788. The average molecular weight is 461 g/mol. The largest absolute Gasteiger partial charge is 0.323 e. The van der Waals surface area contributed by atoms with Crippen LogP contribution in [0, 0.1) is 0 Å². The zero-order chi connectivity index (χ0) is 17.9. The number of hydrogen-bond donors (Lipinski definition) is 1. The van der Waals surface area contributed by atoms with Crippen molar-refractivity contribution in [1.82, 2.24) is 15.0 Å². The second-order valence-electron chi connectivity index (χ2n) is 5.25. The van der Waals surface area contributed by atoms with Crippen LogP contribution >= 0.6 is 51.0 Å².